The van der Waals surface area contributed by atoms with Crippen LogP contribution in [0.2, 0.25) is 0 Å². The Kier molecular flexibility index (Phi) is 3.85. The summed E-state index contributed by atoms with van der Waals surface area (Å²) < 4.78 is 19.1. The van der Waals surface area contributed by atoms with Crippen LogP contribution in [-0.4, -0.2) is 12.9 Å². The maximum atomic E-state index is 13.2. The number of rotatable bonds is 3. The minimum Gasteiger partial charge on any atom is -0.496 e. The molecule has 0 spiro atoms. The molecule has 0 radical (unpaired) electrons. The van der Waals surface area contributed by atoms with E-state index in [1.807, 2.05) is 0 Å². The molecule has 0 bridgehead atoms. The molecule has 2 aromatic rings. The van der Waals surface area contributed by atoms with Crippen molar-refractivity contribution in [2.24, 2.45) is 0 Å². The van der Waals surface area contributed by atoms with E-state index in [0.29, 0.717) is 11.3 Å². The summed E-state index contributed by atoms with van der Waals surface area (Å²) in [4.78, 5) is 12.4. The Hall–Kier alpha value is -1.88. The molecule has 0 unspecified atom stereocenters. The van der Waals surface area contributed by atoms with E-state index < -0.39 is 5.82 Å². The fourth-order valence-corrected chi connectivity index (χ4v) is 2.09. The van der Waals surface area contributed by atoms with Gasteiger partial charge in [0.15, 0.2) is 5.78 Å². The number of carbonyl (C=O) groups excluding carboxylic acids is 1. The number of methoxy groups -OCH3 is 1. The third kappa shape index (κ3) is 2.76. The Labute approximate surface area is 118 Å². The van der Waals surface area contributed by atoms with Crippen molar-refractivity contribution in [1.29, 1.82) is 0 Å². The van der Waals surface area contributed by atoms with Gasteiger partial charge in [-0.25, -0.2) is 4.39 Å². The van der Waals surface area contributed by atoms with Crippen molar-refractivity contribution in [3.63, 3.8) is 0 Å². The Morgan fingerprint density at radius 2 is 1.95 bits per heavy atom. The average Bonchev–Trinajstić information content (AvgIpc) is 2.40. The molecule has 5 heteroatoms. The van der Waals surface area contributed by atoms with Gasteiger partial charge in [0, 0.05) is 15.7 Å². The van der Waals surface area contributed by atoms with Crippen LogP contribution in [0.4, 0.5) is 10.1 Å². The van der Waals surface area contributed by atoms with Crippen molar-refractivity contribution >= 4 is 27.4 Å². The molecule has 2 rings (SSSR count). The molecule has 0 heterocycles. The van der Waals surface area contributed by atoms with Gasteiger partial charge in [-0.05, 0) is 36.4 Å². The zero-order chi connectivity index (χ0) is 14.0. The SMILES string of the molecule is COc1ccc(Br)cc1C(=O)c1cc(F)ccc1N. The van der Waals surface area contributed by atoms with Crippen LogP contribution < -0.4 is 10.5 Å². The highest BCUT2D eigenvalue weighted by atomic mass is 79.9. The maximum absolute atomic E-state index is 13.2. The first-order valence-corrected chi connectivity index (χ1v) is 6.25. The van der Waals surface area contributed by atoms with Gasteiger partial charge in [-0.15, -0.1) is 0 Å². The summed E-state index contributed by atoms with van der Waals surface area (Å²) >= 11 is 3.29. The normalized spacial score (nSPS) is 10.3. The average molecular weight is 324 g/mol. The fourth-order valence-electron chi connectivity index (χ4n) is 1.73. The lowest BCUT2D eigenvalue weighted by molar-refractivity contribution is 0.103. The van der Waals surface area contributed by atoms with E-state index in [-0.39, 0.29) is 17.0 Å². The number of hydrogen-bond acceptors (Lipinski definition) is 3. The molecular formula is C14H11BrFNO2. The molecule has 2 aromatic carbocycles. The first kappa shape index (κ1) is 13.5. The largest absolute Gasteiger partial charge is 0.496 e. The molecule has 2 N–H and O–H groups in total. The molecule has 0 saturated heterocycles. The van der Waals surface area contributed by atoms with Crippen molar-refractivity contribution < 1.29 is 13.9 Å². The van der Waals surface area contributed by atoms with Crippen molar-refractivity contribution in [3.05, 3.63) is 57.8 Å². The first-order chi connectivity index (χ1) is 9.02. The summed E-state index contributed by atoms with van der Waals surface area (Å²) in [6.45, 7) is 0. The number of carbonyl (C=O) groups is 1. The van der Waals surface area contributed by atoms with Gasteiger partial charge in [0.2, 0.25) is 0 Å². The lowest BCUT2D eigenvalue weighted by Crippen LogP contribution is -2.07. The standard InChI is InChI=1S/C14H11BrFNO2/c1-19-13-5-2-8(15)6-11(13)14(18)10-7-9(16)3-4-12(10)17/h2-7H,17H2,1H3. The summed E-state index contributed by atoms with van der Waals surface area (Å²) in [5, 5.41) is 0. The second-order valence-corrected chi connectivity index (χ2v) is 4.82. The number of nitrogens with two attached hydrogens (primary N) is 1. The molecule has 0 atom stereocenters. The minimum atomic E-state index is -0.508. The van der Waals surface area contributed by atoms with Gasteiger partial charge in [0.1, 0.15) is 11.6 Å². The number of ether oxygens (including phenoxy) is 1. The molecule has 3 nitrogen and oxygen atoms in total. The van der Waals surface area contributed by atoms with E-state index in [9.17, 15) is 9.18 Å². The van der Waals surface area contributed by atoms with Gasteiger partial charge in [0.25, 0.3) is 0 Å². The van der Waals surface area contributed by atoms with Crippen LogP contribution in [0.15, 0.2) is 40.9 Å². The third-order valence-corrected chi connectivity index (χ3v) is 3.16. The van der Waals surface area contributed by atoms with Crippen molar-refractivity contribution in [2.75, 3.05) is 12.8 Å². The number of ketones is 1. The number of benzene rings is 2. The van der Waals surface area contributed by atoms with Crippen LogP contribution in [0.5, 0.6) is 5.75 Å². The van der Waals surface area contributed by atoms with Crippen LogP contribution in [0.3, 0.4) is 0 Å². The predicted octanol–water partition coefficient (Wildman–Crippen LogP) is 3.41. The number of nitrogen functional groups attached to an aromatic ring is 1. The molecule has 0 fully saturated rings. The van der Waals surface area contributed by atoms with E-state index >= 15 is 0 Å². The summed E-state index contributed by atoms with van der Waals surface area (Å²) in [7, 11) is 1.47. The van der Waals surface area contributed by atoms with Crippen LogP contribution in [0.25, 0.3) is 0 Å². The molecule has 0 saturated carbocycles. The number of halogens is 2. The molecule has 0 aliphatic rings. The quantitative estimate of drug-likeness (QED) is 0.695. The highest BCUT2D eigenvalue weighted by molar-refractivity contribution is 9.10. The van der Waals surface area contributed by atoms with Gasteiger partial charge in [0.05, 0.1) is 12.7 Å². The van der Waals surface area contributed by atoms with Gasteiger partial charge in [-0.3, -0.25) is 4.79 Å². The molecule has 98 valence electrons. The first-order valence-electron chi connectivity index (χ1n) is 5.46. The van der Waals surface area contributed by atoms with Gasteiger partial charge < -0.3 is 10.5 Å². The Bertz CT molecular complexity index is 643. The van der Waals surface area contributed by atoms with Gasteiger partial charge >= 0.3 is 0 Å². The summed E-state index contributed by atoms with van der Waals surface area (Å²) in [6.07, 6.45) is 0. The molecule has 0 aromatic heterocycles. The molecule has 19 heavy (non-hydrogen) atoms. The van der Waals surface area contributed by atoms with Crippen molar-refractivity contribution in [1.82, 2.24) is 0 Å². The summed E-state index contributed by atoms with van der Waals surface area (Å²) in [5.41, 5.74) is 6.40. The molecule has 0 aliphatic carbocycles. The number of hydrogen-bond donors (Lipinski definition) is 1. The van der Waals surface area contributed by atoms with E-state index in [1.54, 1.807) is 18.2 Å². The van der Waals surface area contributed by atoms with Crippen molar-refractivity contribution in [3.8, 4) is 5.75 Å². The third-order valence-electron chi connectivity index (χ3n) is 2.67. The monoisotopic (exact) mass is 323 g/mol. The van der Waals surface area contributed by atoms with Gasteiger partial charge in [-0.2, -0.15) is 0 Å². The van der Waals surface area contributed by atoms with E-state index in [0.717, 1.165) is 10.5 Å². The second kappa shape index (κ2) is 5.40. The van der Waals surface area contributed by atoms with Crippen LogP contribution in [0.1, 0.15) is 15.9 Å². The van der Waals surface area contributed by atoms with Crippen molar-refractivity contribution in [2.45, 2.75) is 0 Å². The lowest BCUT2D eigenvalue weighted by atomic mass is 10.0. The van der Waals surface area contributed by atoms with Crippen LogP contribution in [-0.2, 0) is 0 Å². The summed E-state index contributed by atoms with van der Waals surface area (Å²) in [6, 6.07) is 8.73. The number of anilines is 1. The topological polar surface area (TPSA) is 52.3 Å². The molecule has 0 amide bonds. The molecular weight excluding hydrogens is 313 g/mol. The van der Waals surface area contributed by atoms with Gasteiger partial charge in [-0.1, -0.05) is 15.9 Å². The molecule has 0 aliphatic heterocycles. The second-order valence-electron chi connectivity index (χ2n) is 3.91. The fraction of sp³-hybridized carbons (Fsp3) is 0.0714. The highest BCUT2D eigenvalue weighted by Crippen LogP contribution is 2.27. The minimum absolute atomic E-state index is 0.122. The van der Waals surface area contributed by atoms with E-state index in [2.05, 4.69) is 15.9 Å². The zero-order valence-corrected chi connectivity index (χ0v) is 11.7. The van der Waals surface area contributed by atoms with E-state index in [1.165, 1.54) is 19.2 Å². The maximum Gasteiger partial charge on any atom is 0.198 e. The predicted molar refractivity (Wildman–Crippen MR) is 74.9 cm³/mol. The van der Waals surface area contributed by atoms with Crippen LogP contribution >= 0.6 is 15.9 Å². The van der Waals surface area contributed by atoms with Crippen LogP contribution in [0, 0.1) is 5.82 Å². The smallest absolute Gasteiger partial charge is 0.198 e. The Morgan fingerprint density at radius 1 is 1.21 bits per heavy atom. The van der Waals surface area contributed by atoms with E-state index in [4.69, 9.17) is 10.5 Å². The highest BCUT2D eigenvalue weighted by Gasteiger charge is 2.18. The Balaban J connectivity index is 2.55. The zero-order valence-electron chi connectivity index (χ0n) is 10.1. The summed E-state index contributed by atoms with van der Waals surface area (Å²) in [5.74, 6) is -0.474. The lowest BCUT2D eigenvalue weighted by Gasteiger charge is -2.10. The Morgan fingerprint density at radius 3 is 2.63 bits per heavy atom.